The summed E-state index contributed by atoms with van der Waals surface area (Å²) in [4.78, 5) is 35.0. The Morgan fingerprint density at radius 1 is 1.19 bits per heavy atom. The molecule has 1 aliphatic rings. The second-order valence-corrected chi connectivity index (χ2v) is 6.57. The first-order chi connectivity index (χ1) is 13.2. The van der Waals surface area contributed by atoms with E-state index in [1.54, 1.807) is 42.3 Å². The number of rotatable bonds is 3. The predicted molar refractivity (Wildman–Crippen MR) is 98.5 cm³/mol. The molecule has 8 heteroatoms. The second-order valence-electron chi connectivity index (χ2n) is 6.57. The first kappa shape index (κ1) is 17.1. The van der Waals surface area contributed by atoms with E-state index >= 15 is 0 Å². The van der Waals surface area contributed by atoms with Gasteiger partial charge in [0, 0.05) is 50.2 Å². The number of carbonyl (C=O) groups is 2. The van der Waals surface area contributed by atoms with Crippen LogP contribution in [0.3, 0.4) is 0 Å². The number of nitrogens with zero attached hydrogens (tertiary/aromatic N) is 5. The smallest absolute Gasteiger partial charge is 0.256 e. The summed E-state index contributed by atoms with van der Waals surface area (Å²) in [5.41, 5.74) is 2.58. The lowest BCUT2D eigenvalue weighted by atomic mass is 9.94. The van der Waals surface area contributed by atoms with Crippen molar-refractivity contribution in [2.75, 3.05) is 20.1 Å². The zero-order valence-electron chi connectivity index (χ0n) is 15.0. The number of fused-ring (bicyclic) bond motifs is 1. The molecular weight excluding hydrogens is 344 g/mol. The van der Waals surface area contributed by atoms with Crippen molar-refractivity contribution in [1.29, 1.82) is 0 Å². The molecule has 8 nitrogen and oxygen atoms in total. The van der Waals surface area contributed by atoms with E-state index in [1.807, 2.05) is 11.0 Å². The van der Waals surface area contributed by atoms with Crippen molar-refractivity contribution in [3.05, 3.63) is 59.8 Å². The lowest BCUT2D eigenvalue weighted by Gasteiger charge is -2.33. The highest BCUT2D eigenvalue weighted by atomic mass is 16.2. The molecule has 1 N–H and O–H groups in total. The SMILES string of the molecule is CNC(=O)c1cnn2c(C3CCCN(C(=O)c4ccncc4)C3)ccnc12. The van der Waals surface area contributed by atoms with Crippen LogP contribution in [-0.2, 0) is 0 Å². The highest BCUT2D eigenvalue weighted by Crippen LogP contribution is 2.28. The van der Waals surface area contributed by atoms with Crippen LogP contribution in [0.15, 0.2) is 43.0 Å². The summed E-state index contributed by atoms with van der Waals surface area (Å²) in [6.45, 7) is 1.34. The fraction of sp³-hybridized carbons (Fsp3) is 0.316. The van der Waals surface area contributed by atoms with Gasteiger partial charge < -0.3 is 10.2 Å². The highest BCUT2D eigenvalue weighted by Gasteiger charge is 2.28. The molecule has 3 aromatic heterocycles. The van der Waals surface area contributed by atoms with Gasteiger partial charge in [-0.15, -0.1) is 0 Å². The minimum atomic E-state index is -0.215. The molecule has 0 aromatic carbocycles. The Morgan fingerprint density at radius 3 is 2.78 bits per heavy atom. The minimum absolute atomic E-state index is 0.0129. The quantitative estimate of drug-likeness (QED) is 0.760. The lowest BCUT2D eigenvalue weighted by Crippen LogP contribution is -2.39. The van der Waals surface area contributed by atoms with Crippen molar-refractivity contribution in [2.45, 2.75) is 18.8 Å². The molecule has 0 aliphatic carbocycles. The third-order valence-electron chi connectivity index (χ3n) is 4.96. The normalized spacial score (nSPS) is 17.1. The van der Waals surface area contributed by atoms with E-state index < -0.39 is 0 Å². The molecule has 0 spiro atoms. The molecule has 1 saturated heterocycles. The predicted octanol–water partition coefficient (Wildman–Crippen LogP) is 1.50. The average molecular weight is 364 g/mol. The van der Waals surface area contributed by atoms with E-state index in [4.69, 9.17) is 0 Å². The maximum Gasteiger partial charge on any atom is 0.256 e. The van der Waals surface area contributed by atoms with Gasteiger partial charge in [-0.1, -0.05) is 0 Å². The summed E-state index contributed by atoms with van der Waals surface area (Å²) in [5.74, 6) is -0.0702. The van der Waals surface area contributed by atoms with E-state index in [0.29, 0.717) is 23.3 Å². The van der Waals surface area contributed by atoms with Crippen LogP contribution in [0, 0.1) is 0 Å². The zero-order chi connectivity index (χ0) is 18.8. The molecule has 0 radical (unpaired) electrons. The summed E-state index contributed by atoms with van der Waals surface area (Å²) in [7, 11) is 1.58. The van der Waals surface area contributed by atoms with Crippen molar-refractivity contribution < 1.29 is 9.59 Å². The number of carbonyl (C=O) groups excluding carboxylic acids is 2. The monoisotopic (exact) mass is 364 g/mol. The van der Waals surface area contributed by atoms with Gasteiger partial charge in [0.1, 0.15) is 5.56 Å². The van der Waals surface area contributed by atoms with E-state index in [-0.39, 0.29) is 17.7 Å². The van der Waals surface area contributed by atoms with Crippen LogP contribution in [0.1, 0.15) is 45.2 Å². The van der Waals surface area contributed by atoms with Gasteiger partial charge in [0.2, 0.25) is 0 Å². The van der Waals surface area contributed by atoms with Crippen molar-refractivity contribution in [3.63, 3.8) is 0 Å². The van der Waals surface area contributed by atoms with Gasteiger partial charge in [-0.3, -0.25) is 14.6 Å². The Hall–Kier alpha value is -3.29. The van der Waals surface area contributed by atoms with Gasteiger partial charge in [-0.25, -0.2) is 9.50 Å². The van der Waals surface area contributed by atoms with Crippen LogP contribution in [-0.4, -0.2) is 56.4 Å². The number of hydrogen-bond donors (Lipinski definition) is 1. The van der Waals surface area contributed by atoms with E-state index in [2.05, 4.69) is 20.4 Å². The number of hydrogen-bond acceptors (Lipinski definition) is 5. The molecule has 3 aromatic rings. The van der Waals surface area contributed by atoms with Crippen molar-refractivity contribution >= 4 is 17.5 Å². The molecular formula is C19H20N6O2. The molecule has 1 fully saturated rings. The van der Waals surface area contributed by atoms with Crippen molar-refractivity contribution in [1.82, 2.24) is 29.8 Å². The average Bonchev–Trinajstić information content (AvgIpc) is 3.17. The third kappa shape index (κ3) is 3.14. The molecule has 0 saturated carbocycles. The molecule has 138 valence electrons. The number of pyridine rings is 1. The fourth-order valence-electron chi connectivity index (χ4n) is 3.59. The maximum absolute atomic E-state index is 12.8. The molecule has 4 heterocycles. The Kier molecular flexibility index (Phi) is 4.53. The first-order valence-electron chi connectivity index (χ1n) is 8.93. The van der Waals surface area contributed by atoms with Crippen LogP contribution in [0.5, 0.6) is 0 Å². The number of nitrogens with one attached hydrogen (secondary N) is 1. The van der Waals surface area contributed by atoms with Crippen LogP contribution >= 0.6 is 0 Å². The molecule has 4 rings (SSSR count). The van der Waals surface area contributed by atoms with Gasteiger partial charge >= 0.3 is 0 Å². The number of aromatic nitrogens is 4. The summed E-state index contributed by atoms with van der Waals surface area (Å²) in [5, 5.41) is 6.98. The van der Waals surface area contributed by atoms with Crippen molar-refractivity contribution in [3.8, 4) is 0 Å². The first-order valence-corrected chi connectivity index (χ1v) is 8.93. The van der Waals surface area contributed by atoms with E-state index in [0.717, 1.165) is 25.1 Å². The summed E-state index contributed by atoms with van der Waals surface area (Å²) < 4.78 is 1.72. The van der Waals surface area contributed by atoms with Crippen LogP contribution in [0.2, 0.25) is 0 Å². The van der Waals surface area contributed by atoms with Gasteiger partial charge in [-0.2, -0.15) is 5.10 Å². The fourth-order valence-corrected chi connectivity index (χ4v) is 3.59. The third-order valence-corrected chi connectivity index (χ3v) is 4.96. The maximum atomic E-state index is 12.8. The topological polar surface area (TPSA) is 92.5 Å². The lowest BCUT2D eigenvalue weighted by molar-refractivity contribution is 0.0705. The number of piperidine rings is 1. The van der Waals surface area contributed by atoms with Gasteiger partial charge in [0.15, 0.2) is 5.65 Å². The Morgan fingerprint density at radius 2 is 2.00 bits per heavy atom. The summed E-state index contributed by atoms with van der Waals surface area (Å²) in [6.07, 6.45) is 8.36. The van der Waals surface area contributed by atoms with Crippen LogP contribution in [0.4, 0.5) is 0 Å². The van der Waals surface area contributed by atoms with E-state index in [1.165, 1.54) is 6.20 Å². The van der Waals surface area contributed by atoms with Gasteiger partial charge in [-0.05, 0) is 31.0 Å². The largest absolute Gasteiger partial charge is 0.355 e. The highest BCUT2D eigenvalue weighted by molar-refractivity contribution is 5.99. The van der Waals surface area contributed by atoms with Gasteiger partial charge in [0.25, 0.3) is 11.8 Å². The number of amides is 2. The summed E-state index contributed by atoms with van der Waals surface area (Å²) in [6, 6.07) is 5.39. The molecule has 27 heavy (non-hydrogen) atoms. The van der Waals surface area contributed by atoms with E-state index in [9.17, 15) is 9.59 Å². The Bertz CT molecular complexity index is 984. The molecule has 2 amide bonds. The Balaban J connectivity index is 1.63. The molecule has 1 unspecified atom stereocenters. The Labute approximate surface area is 156 Å². The minimum Gasteiger partial charge on any atom is -0.355 e. The molecule has 0 bridgehead atoms. The van der Waals surface area contributed by atoms with Gasteiger partial charge in [0.05, 0.1) is 11.9 Å². The number of likely N-dealkylation sites (tertiary alicyclic amines) is 1. The molecule has 1 atom stereocenters. The zero-order valence-corrected chi connectivity index (χ0v) is 15.0. The summed E-state index contributed by atoms with van der Waals surface area (Å²) >= 11 is 0. The van der Waals surface area contributed by atoms with Crippen LogP contribution < -0.4 is 5.32 Å². The molecule has 1 aliphatic heterocycles. The van der Waals surface area contributed by atoms with Crippen molar-refractivity contribution in [2.24, 2.45) is 0 Å². The standard InChI is InChI=1S/C19H20N6O2/c1-20-18(26)15-11-23-25-16(6-9-22-17(15)25)14-3-2-10-24(12-14)19(27)13-4-7-21-8-5-13/h4-9,11,14H,2-3,10,12H2,1H3,(H,20,26). The second kappa shape index (κ2) is 7.14. The van der Waals surface area contributed by atoms with Crippen LogP contribution in [0.25, 0.3) is 5.65 Å².